The molecular formula is C16H20N6O3. The molecule has 1 saturated heterocycles. The summed E-state index contributed by atoms with van der Waals surface area (Å²) in [4.78, 5) is 35.5. The molecule has 0 spiro atoms. The van der Waals surface area contributed by atoms with Crippen LogP contribution in [0.25, 0.3) is 0 Å². The van der Waals surface area contributed by atoms with Crippen LogP contribution in [0.15, 0.2) is 23.0 Å². The van der Waals surface area contributed by atoms with E-state index >= 15 is 0 Å². The molecule has 3 rings (SSSR count). The number of nitrogens with one attached hydrogen (secondary N) is 2. The van der Waals surface area contributed by atoms with Crippen LogP contribution < -0.4 is 15.8 Å². The lowest BCUT2D eigenvalue weighted by Gasteiger charge is -2.33. The predicted molar refractivity (Wildman–Crippen MR) is 94.1 cm³/mol. The van der Waals surface area contributed by atoms with Gasteiger partial charge in [-0.1, -0.05) is 0 Å². The summed E-state index contributed by atoms with van der Waals surface area (Å²) in [6.45, 7) is 4.95. The van der Waals surface area contributed by atoms with Gasteiger partial charge in [-0.15, -0.1) is 0 Å². The molecule has 0 bridgehead atoms. The van der Waals surface area contributed by atoms with Crippen molar-refractivity contribution in [3.8, 4) is 0 Å². The molecule has 0 aliphatic carbocycles. The summed E-state index contributed by atoms with van der Waals surface area (Å²) < 4.78 is 0. The van der Waals surface area contributed by atoms with Crippen LogP contribution in [0, 0.1) is 24.0 Å². The quantitative estimate of drug-likeness (QED) is 0.641. The second-order valence-corrected chi connectivity index (χ2v) is 6.17. The van der Waals surface area contributed by atoms with E-state index in [4.69, 9.17) is 0 Å². The van der Waals surface area contributed by atoms with Crippen LogP contribution >= 0.6 is 0 Å². The van der Waals surface area contributed by atoms with Crippen LogP contribution in [-0.4, -0.2) is 39.0 Å². The van der Waals surface area contributed by atoms with E-state index in [1.165, 1.54) is 12.1 Å². The van der Waals surface area contributed by atoms with Crippen molar-refractivity contribution in [1.82, 2.24) is 15.0 Å². The van der Waals surface area contributed by atoms with Gasteiger partial charge in [0.15, 0.2) is 0 Å². The SMILES string of the molecule is Cc1cc(=O)[nH]c(N2CCC(Nc3ccc([N+](=O)[O-])c(C)n3)CC2)n1. The Bertz CT molecular complexity index is 842. The summed E-state index contributed by atoms with van der Waals surface area (Å²) in [6.07, 6.45) is 1.71. The molecule has 0 radical (unpaired) electrons. The van der Waals surface area contributed by atoms with Crippen molar-refractivity contribution in [1.29, 1.82) is 0 Å². The van der Waals surface area contributed by atoms with Crippen LogP contribution in [0.3, 0.4) is 0 Å². The molecule has 0 unspecified atom stereocenters. The number of pyridine rings is 1. The van der Waals surface area contributed by atoms with Crippen LogP contribution in [0.5, 0.6) is 0 Å². The number of aromatic amines is 1. The van der Waals surface area contributed by atoms with Crippen LogP contribution in [-0.2, 0) is 0 Å². The van der Waals surface area contributed by atoms with Crippen molar-refractivity contribution in [2.24, 2.45) is 0 Å². The minimum absolute atomic E-state index is 0.0230. The summed E-state index contributed by atoms with van der Waals surface area (Å²) >= 11 is 0. The number of nitro groups is 1. The molecule has 2 aromatic rings. The number of piperidine rings is 1. The number of H-pyrrole nitrogens is 1. The monoisotopic (exact) mass is 344 g/mol. The second kappa shape index (κ2) is 6.88. The Morgan fingerprint density at radius 1 is 1.28 bits per heavy atom. The summed E-state index contributed by atoms with van der Waals surface area (Å²) in [5.41, 5.74) is 0.974. The molecule has 0 aromatic carbocycles. The molecule has 2 aromatic heterocycles. The van der Waals surface area contributed by atoms with E-state index in [2.05, 4.69) is 25.2 Å². The zero-order chi connectivity index (χ0) is 18.0. The van der Waals surface area contributed by atoms with E-state index in [0.29, 0.717) is 23.2 Å². The van der Waals surface area contributed by atoms with Gasteiger partial charge in [0.1, 0.15) is 11.5 Å². The largest absolute Gasteiger partial charge is 0.367 e. The lowest BCUT2D eigenvalue weighted by Crippen LogP contribution is -2.40. The van der Waals surface area contributed by atoms with Gasteiger partial charge >= 0.3 is 0 Å². The lowest BCUT2D eigenvalue weighted by atomic mass is 10.1. The van der Waals surface area contributed by atoms with Gasteiger partial charge < -0.3 is 10.2 Å². The molecule has 1 aliphatic heterocycles. The van der Waals surface area contributed by atoms with Gasteiger partial charge in [0.25, 0.3) is 11.2 Å². The van der Waals surface area contributed by atoms with Crippen molar-refractivity contribution in [2.45, 2.75) is 32.7 Å². The average molecular weight is 344 g/mol. The molecule has 1 aliphatic rings. The number of nitrogens with zero attached hydrogens (tertiary/aromatic N) is 4. The van der Waals surface area contributed by atoms with Gasteiger partial charge in [0, 0.05) is 37.0 Å². The number of hydrogen-bond donors (Lipinski definition) is 2. The third-order valence-electron chi connectivity index (χ3n) is 4.26. The number of anilines is 2. The molecule has 0 amide bonds. The molecule has 9 nitrogen and oxygen atoms in total. The highest BCUT2D eigenvalue weighted by Gasteiger charge is 2.22. The van der Waals surface area contributed by atoms with Crippen molar-refractivity contribution >= 4 is 17.5 Å². The van der Waals surface area contributed by atoms with Crippen molar-refractivity contribution in [3.05, 3.63) is 50.1 Å². The Kier molecular flexibility index (Phi) is 4.64. The van der Waals surface area contributed by atoms with Gasteiger partial charge in [-0.05, 0) is 32.8 Å². The van der Waals surface area contributed by atoms with Crippen molar-refractivity contribution < 1.29 is 4.92 Å². The Hall–Kier alpha value is -2.97. The maximum absolute atomic E-state index is 11.6. The summed E-state index contributed by atoms with van der Waals surface area (Å²) in [7, 11) is 0. The first-order chi connectivity index (χ1) is 11.9. The van der Waals surface area contributed by atoms with Gasteiger partial charge in [-0.25, -0.2) is 9.97 Å². The smallest absolute Gasteiger partial charge is 0.290 e. The van der Waals surface area contributed by atoms with E-state index in [1.807, 2.05) is 0 Å². The van der Waals surface area contributed by atoms with E-state index < -0.39 is 4.92 Å². The molecule has 0 saturated carbocycles. The minimum atomic E-state index is -0.430. The lowest BCUT2D eigenvalue weighted by molar-refractivity contribution is -0.385. The Labute approximate surface area is 144 Å². The third-order valence-corrected chi connectivity index (χ3v) is 4.26. The zero-order valence-electron chi connectivity index (χ0n) is 14.2. The fraction of sp³-hybridized carbons (Fsp3) is 0.438. The van der Waals surface area contributed by atoms with Gasteiger partial charge in [-0.2, -0.15) is 0 Å². The van der Waals surface area contributed by atoms with Crippen LogP contribution in [0.4, 0.5) is 17.5 Å². The molecule has 1 fully saturated rings. The van der Waals surface area contributed by atoms with Crippen LogP contribution in [0.1, 0.15) is 24.2 Å². The first-order valence-electron chi connectivity index (χ1n) is 8.14. The first kappa shape index (κ1) is 16.9. The second-order valence-electron chi connectivity index (χ2n) is 6.17. The number of aryl methyl sites for hydroxylation is 2. The zero-order valence-corrected chi connectivity index (χ0v) is 14.2. The normalized spacial score (nSPS) is 15.2. The Morgan fingerprint density at radius 3 is 2.60 bits per heavy atom. The minimum Gasteiger partial charge on any atom is -0.367 e. The molecule has 132 valence electrons. The fourth-order valence-corrected chi connectivity index (χ4v) is 2.98. The molecule has 3 heterocycles. The summed E-state index contributed by atoms with van der Waals surface area (Å²) in [5, 5.41) is 14.2. The van der Waals surface area contributed by atoms with Gasteiger partial charge in [0.05, 0.1) is 4.92 Å². The van der Waals surface area contributed by atoms with Crippen molar-refractivity contribution in [2.75, 3.05) is 23.3 Å². The van der Waals surface area contributed by atoms with E-state index in [-0.39, 0.29) is 17.3 Å². The molecule has 2 N–H and O–H groups in total. The van der Waals surface area contributed by atoms with E-state index in [9.17, 15) is 14.9 Å². The topological polar surface area (TPSA) is 117 Å². The maximum atomic E-state index is 11.6. The standard InChI is InChI=1S/C16H20N6O3/c1-10-9-15(23)20-16(17-10)21-7-5-12(6-8-21)19-14-4-3-13(22(24)25)11(2)18-14/h3-4,9,12H,5-8H2,1-2H3,(H,18,19)(H,17,20,23). The fourth-order valence-electron chi connectivity index (χ4n) is 2.98. The average Bonchev–Trinajstić information content (AvgIpc) is 2.54. The van der Waals surface area contributed by atoms with Crippen LogP contribution in [0.2, 0.25) is 0 Å². The number of rotatable bonds is 4. The molecular weight excluding hydrogens is 324 g/mol. The predicted octanol–water partition coefficient (Wildman–Crippen LogP) is 1.77. The first-order valence-corrected chi connectivity index (χ1v) is 8.14. The summed E-state index contributed by atoms with van der Waals surface area (Å²) in [6, 6.07) is 4.81. The van der Waals surface area contributed by atoms with Gasteiger partial charge in [-0.3, -0.25) is 19.9 Å². The molecule has 9 heteroatoms. The third kappa shape index (κ3) is 3.93. The summed E-state index contributed by atoms with van der Waals surface area (Å²) in [5.74, 6) is 1.25. The van der Waals surface area contributed by atoms with E-state index in [1.54, 1.807) is 19.9 Å². The highest BCUT2D eigenvalue weighted by Crippen LogP contribution is 2.21. The maximum Gasteiger partial charge on any atom is 0.290 e. The number of hydrogen-bond acceptors (Lipinski definition) is 7. The molecule has 25 heavy (non-hydrogen) atoms. The molecule has 0 atom stereocenters. The van der Waals surface area contributed by atoms with Crippen molar-refractivity contribution in [3.63, 3.8) is 0 Å². The van der Waals surface area contributed by atoms with Gasteiger partial charge in [0.2, 0.25) is 5.95 Å². The highest BCUT2D eigenvalue weighted by atomic mass is 16.6. The Morgan fingerprint density at radius 2 is 2.00 bits per heavy atom. The Balaban J connectivity index is 1.62. The van der Waals surface area contributed by atoms with E-state index in [0.717, 1.165) is 25.9 Å². The number of aromatic nitrogens is 3. The highest BCUT2D eigenvalue weighted by molar-refractivity contribution is 5.45.